The van der Waals surface area contributed by atoms with Crippen LogP contribution in [0.15, 0.2) is 23.9 Å². The summed E-state index contributed by atoms with van der Waals surface area (Å²) in [7, 11) is 0. The van der Waals surface area contributed by atoms with Gasteiger partial charge in [0.15, 0.2) is 0 Å². The molecule has 0 spiro atoms. The molecule has 3 N–H and O–H groups in total. The number of rotatable bonds is 3. The van der Waals surface area contributed by atoms with E-state index >= 15 is 0 Å². The van der Waals surface area contributed by atoms with Crippen LogP contribution in [0.3, 0.4) is 0 Å². The average molecular weight is 233 g/mol. The normalized spacial score (nSPS) is 15.5. The molecule has 1 aliphatic heterocycles. The predicted octanol–water partition coefficient (Wildman–Crippen LogP) is 2.71. The van der Waals surface area contributed by atoms with E-state index in [2.05, 4.69) is 46.1 Å². The van der Waals surface area contributed by atoms with Gasteiger partial charge >= 0.3 is 0 Å². The summed E-state index contributed by atoms with van der Waals surface area (Å²) in [4.78, 5) is 2.34. The molecule has 0 aromatic heterocycles. The van der Waals surface area contributed by atoms with E-state index in [4.69, 9.17) is 0 Å². The lowest BCUT2D eigenvalue weighted by Gasteiger charge is -2.22. The third-order valence-corrected chi connectivity index (χ3v) is 2.27. The molecular weight excluding hydrogens is 216 g/mol. The molecule has 1 rings (SSSR count). The lowest BCUT2D eigenvalue weighted by molar-refractivity contribution is 0.403. The Labute approximate surface area is 83.0 Å². The number of alkyl halides is 1. The van der Waals surface area contributed by atoms with Crippen molar-refractivity contribution in [3.63, 3.8) is 0 Å². The number of allylic oxidation sites excluding steroid dienone is 2. The first-order valence-electron chi connectivity index (χ1n) is 3.97. The summed E-state index contributed by atoms with van der Waals surface area (Å²) >= 11 is 3.43. The SMILES string of the molecule is CC1=CC=CN(CCCBr)C1.N. The van der Waals surface area contributed by atoms with Crippen LogP contribution in [-0.2, 0) is 0 Å². The molecular formula is C9H17BrN2. The van der Waals surface area contributed by atoms with Crippen LogP contribution in [0.1, 0.15) is 13.3 Å². The fourth-order valence-corrected chi connectivity index (χ4v) is 1.42. The van der Waals surface area contributed by atoms with Gasteiger partial charge in [0.1, 0.15) is 0 Å². The molecule has 0 unspecified atom stereocenters. The van der Waals surface area contributed by atoms with Crippen LogP contribution >= 0.6 is 15.9 Å². The van der Waals surface area contributed by atoms with Crippen molar-refractivity contribution in [3.8, 4) is 0 Å². The van der Waals surface area contributed by atoms with Crippen LogP contribution in [0, 0.1) is 0 Å². The van der Waals surface area contributed by atoms with Crippen molar-refractivity contribution >= 4 is 15.9 Å². The Morgan fingerprint density at radius 2 is 2.33 bits per heavy atom. The summed E-state index contributed by atoms with van der Waals surface area (Å²) in [6.45, 7) is 4.43. The van der Waals surface area contributed by atoms with Gasteiger partial charge < -0.3 is 11.1 Å². The third kappa shape index (κ3) is 3.93. The number of nitrogens with zero attached hydrogens (tertiary/aromatic N) is 1. The van der Waals surface area contributed by atoms with E-state index in [1.165, 1.54) is 12.0 Å². The van der Waals surface area contributed by atoms with E-state index in [1.54, 1.807) is 0 Å². The summed E-state index contributed by atoms with van der Waals surface area (Å²) in [5.41, 5.74) is 1.45. The fraction of sp³-hybridized carbons (Fsp3) is 0.556. The Bertz CT molecular complexity index is 175. The minimum atomic E-state index is 0. The van der Waals surface area contributed by atoms with Crippen LogP contribution in [0.25, 0.3) is 0 Å². The Morgan fingerprint density at radius 1 is 1.58 bits per heavy atom. The highest BCUT2D eigenvalue weighted by atomic mass is 79.9. The molecule has 0 aliphatic carbocycles. The van der Waals surface area contributed by atoms with Gasteiger partial charge in [-0.05, 0) is 25.6 Å². The first-order chi connectivity index (χ1) is 5.33. The van der Waals surface area contributed by atoms with Gasteiger partial charge in [-0.15, -0.1) is 0 Å². The standard InChI is InChI=1S/C9H14BrN.H3N/c1-9-4-2-6-11(8-9)7-3-5-10;/h2,4,6H,3,5,7-8H2,1H3;1H3. The highest BCUT2D eigenvalue weighted by Gasteiger charge is 2.01. The summed E-state index contributed by atoms with van der Waals surface area (Å²) < 4.78 is 0. The van der Waals surface area contributed by atoms with Gasteiger partial charge in [0.05, 0.1) is 0 Å². The summed E-state index contributed by atoms with van der Waals surface area (Å²) in [5.74, 6) is 0. The molecule has 0 fully saturated rings. The Hall–Kier alpha value is -0.280. The van der Waals surface area contributed by atoms with Gasteiger partial charge in [0.2, 0.25) is 0 Å². The molecule has 1 heterocycles. The molecule has 0 saturated heterocycles. The molecule has 1 aliphatic rings. The largest absolute Gasteiger partial charge is 0.373 e. The van der Waals surface area contributed by atoms with Crippen LogP contribution in [0.5, 0.6) is 0 Å². The van der Waals surface area contributed by atoms with E-state index in [1.807, 2.05) is 0 Å². The van der Waals surface area contributed by atoms with Gasteiger partial charge in [-0.3, -0.25) is 0 Å². The highest BCUT2D eigenvalue weighted by molar-refractivity contribution is 9.09. The van der Waals surface area contributed by atoms with Crippen molar-refractivity contribution in [3.05, 3.63) is 23.9 Å². The van der Waals surface area contributed by atoms with Crippen molar-refractivity contribution < 1.29 is 0 Å². The van der Waals surface area contributed by atoms with E-state index < -0.39 is 0 Å². The monoisotopic (exact) mass is 232 g/mol. The zero-order valence-electron chi connectivity index (χ0n) is 7.59. The van der Waals surface area contributed by atoms with Crippen molar-refractivity contribution in [1.29, 1.82) is 0 Å². The molecule has 0 amide bonds. The second kappa shape index (κ2) is 6.26. The smallest absolute Gasteiger partial charge is 0.0383 e. The Balaban J connectivity index is 0.00000121. The average Bonchev–Trinajstić information content (AvgIpc) is 2.01. The third-order valence-electron chi connectivity index (χ3n) is 1.71. The lowest BCUT2D eigenvalue weighted by Crippen LogP contribution is -2.22. The van der Waals surface area contributed by atoms with Crippen molar-refractivity contribution in [1.82, 2.24) is 11.1 Å². The zero-order chi connectivity index (χ0) is 8.10. The topological polar surface area (TPSA) is 38.2 Å². The molecule has 0 bridgehead atoms. The maximum absolute atomic E-state index is 3.43. The van der Waals surface area contributed by atoms with E-state index in [0.717, 1.165) is 18.4 Å². The highest BCUT2D eigenvalue weighted by Crippen LogP contribution is 2.06. The van der Waals surface area contributed by atoms with Crippen LogP contribution in [0.2, 0.25) is 0 Å². The quantitative estimate of drug-likeness (QED) is 0.761. The Kier molecular flexibility index (Phi) is 6.11. The van der Waals surface area contributed by atoms with Crippen LogP contribution in [0.4, 0.5) is 0 Å². The van der Waals surface area contributed by atoms with Gasteiger partial charge in [0, 0.05) is 18.4 Å². The van der Waals surface area contributed by atoms with Gasteiger partial charge in [-0.1, -0.05) is 27.6 Å². The first-order valence-corrected chi connectivity index (χ1v) is 5.09. The molecule has 0 saturated carbocycles. The second-order valence-corrected chi connectivity index (χ2v) is 3.66. The maximum atomic E-state index is 3.43. The van der Waals surface area contributed by atoms with Crippen molar-refractivity contribution in [2.24, 2.45) is 0 Å². The predicted molar refractivity (Wildman–Crippen MR) is 57.9 cm³/mol. The Morgan fingerprint density at radius 3 is 2.92 bits per heavy atom. The zero-order valence-corrected chi connectivity index (χ0v) is 9.18. The molecule has 0 radical (unpaired) electrons. The van der Waals surface area contributed by atoms with Gasteiger partial charge in [-0.25, -0.2) is 0 Å². The van der Waals surface area contributed by atoms with Gasteiger partial charge in [-0.2, -0.15) is 0 Å². The summed E-state index contributed by atoms with van der Waals surface area (Å²) in [6, 6.07) is 0. The molecule has 0 aromatic carbocycles. The minimum Gasteiger partial charge on any atom is -0.373 e. The van der Waals surface area contributed by atoms with Crippen LogP contribution in [-0.4, -0.2) is 23.3 Å². The van der Waals surface area contributed by atoms with Crippen LogP contribution < -0.4 is 6.15 Å². The number of halogens is 1. The molecule has 12 heavy (non-hydrogen) atoms. The molecule has 0 atom stereocenters. The molecule has 70 valence electrons. The van der Waals surface area contributed by atoms with E-state index in [9.17, 15) is 0 Å². The number of hydrogen-bond acceptors (Lipinski definition) is 2. The van der Waals surface area contributed by atoms with E-state index in [0.29, 0.717) is 0 Å². The van der Waals surface area contributed by atoms with Gasteiger partial charge in [0.25, 0.3) is 0 Å². The molecule has 0 aromatic rings. The maximum Gasteiger partial charge on any atom is 0.0383 e. The molecule has 3 heteroatoms. The fourth-order valence-electron chi connectivity index (χ4n) is 1.17. The molecule has 2 nitrogen and oxygen atoms in total. The number of hydrogen-bond donors (Lipinski definition) is 1. The second-order valence-electron chi connectivity index (χ2n) is 2.87. The summed E-state index contributed by atoms with van der Waals surface area (Å²) in [5, 5.41) is 1.10. The van der Waals surface area contributed by atoms with Crippen molar-refractivity contribution in [2.45, 2.75) is 13.3 Å². The first kappa shape index (κ1) is 11.7. The summed E-state index contributed by atoms with van der Waals surface area (Å²) in [6.07, 6.45) is 7.67. The minimum absolute atomic E-state index is 0. The van der Waals surface area contributed by atoms with E-state index in [-0.39, 0.29) is 6.15 Å². The van der Waals surface area contributed by atoms with Crippen molar-refractivity contribution in [2.75, 3.05) is 18.4 Å². The lowest BCUT2D eigenvalue weighted by atomic mass is 10.2.